The number of rotatable bonds is 3. The SMILES string of the molecule is Cc1ccc(C(=O)NC2(C(=O)O)CCC(C)CC2)cc1F. The number of hydrogen-bond donors (Lipinski definition) is 2. The van der Waals surface area contributed by atoms with E-state index in [0.29, 0.717) is 24.3 Å². The number of carboxylic acids is 1. The molecular weight excluding hydrogens is 273 g/mol. The van der Waals surface area contributed by atoms with Crippen LogP contribution in [0.4, 0.5) is 4.39 Å². The van der Waals surface area contributed by atoms with Gasteiger partial charge in [0.05, 0.1) is 0 Å². The molecule has 5 heteroatoms. The molecule has 1 aromatic carbocycles. The third-order valence-corrected chi connectivity index (χ3v) is 4.32. The summed E-state index contributed by atoms with van der Waals surface area (Å²) >= 11 is 0. The Morgan fingerprint density at radius 1 is 1.33 bits per heavy atom. The minimum atomic E-state index is -1.23. The predicted octanol–water partition coefficient (Wildman–Crippen LogP) is 2.90. The number of carbonyl (C=O) groups excluding carboxylic acids is 1. The van der Waals surface area contributed by atoms with Gasteiger partial charge in [0.1, 0.15) is 11.4 Å². The van der Waals surface area contributed by atoms with E-state index < -0.39 is 23.2 Å². The largest absolute Gasteiger partial charge is 0.480 e. The molecule has 1 aromatic rings. The van der Waals surface area contributed by atoms with Crippen molar-refractivity contribution in [3.8, 4) is 0 Å². The van der Waals surface area contributed by atoms with Gasteiger partial charge in [-0.25, -0.2) is 9.18 Å². The van der Waals surface area contributed by atoms with Crippen LogP contribution in [0.3, 0.4) is 0 Å². The van der Waals surface area contributed by atoms with Crippen molar-refractivity contribution in [1.82, 2.24) is 5.32 Å². The summed E-state index contributed by atoms with van der Waals surface area (Å²) in [7, 11) is 0. The predicted molar refractivity (Wildman–Crippen MR) is 76.6 cm³/mol. The quantitative estimate of drug-likeness (QED) is 0.900. The first kappa shape index (κ1) is 15.5. The minimum absolute atomic E-state index is 0.150. The third-order valence-electron chi connectivity index (χ3n) is 4.32. The molecule has 1 amide bonds. The zero-order valence-corrected chi connectivity index (χ0v) is 12.3. The first-order valence-corrected chi connectivity index (χ1v) is 7.16. The minimum Gasteiger partial charge on any atom is -0.480 e. The summed E-state index contributed by atoms with van der Waals surface area (Å²) in [6, 6.07) is 4.17. The molecule has 21 heavy (non-hydrogen) atoms. The molecule has 0 saturated heterocycles. The fraction of sp³-hybridized carbons (Fsp3) is 0.500. The first-order valence-electron chi connectivity index (χ1n) is 7.16. The lowest BCUT2D eigenvalue weighted by Gasteiger charge is -2.36. The van der Waals surface area contributed by atoms with Crippen LogP contribution in [0.1, 0.15) is 48.5 Å². The van der Waals surface area contributed by atoms with Crippen LogP contribution in [-0.2, 0) is 4.79 Å². The van der Waals surface area contributed by atoms with Gasteiger partial charge in [0.2, 0.25) is 0 Å². The molecule has 0 radical (unpaired) electrons. The second-order valence-corrected chi connectivity index (χ2v) is 5.99. The molecule has 0 spiro atoms. The van der Waals surface area contributed by atoms with E-state index in [-0.39, 0.29) is 5.56 Å². The number of nitrogens with one attached hydrogen (secondary N) is 1. The monoisotopic (exact) mass is 293 g/mol. The van der Waals surface area contributed by atoms with E-state index in [1.807, 2.05) is 0 Å². The first-order chi connectivity index (χ1) is 9.84. The lowest BCUT2D eigenvalue weighted by atomic mass is 9.77. The zero-order valence-electron chi connectivity index (χ0n) is 12.3. The molecule has 0 unspecified atom stereocenters. The van der Waals surface area contributed by atoms with Gasteiger partial charge in [-0.2, -0.15) is 0 Å². The summed E-state index contributed by atoms with van der Waals surface area (Å²) in [4.78, 5) is 23.8. The van der Waals surface area contributed by atoms with Crippen LogP contribution in [0.5, 0.6) is 0 Å². The van der Waals surface area contributed by atoms with Gasteiger partial charge in [-0.15, -0.1) is 0 Å². The fourth-order valence-corrected chi connectivity index (χ4v) is 2.67. The number of hydrogen-bond acceptors (Lipinski definition) is 2. The number of benzene rings is 1. The number of aryl methyl sites for hydroxylation is 1. The highest BCUT2D eigenvalue weighted by Gasteiger charge is 2.42. The number of carboxylic acid groups (broad SMARTS) is 1. The van der Waals surface area contributed by atoms with Crippen molar-refractivity contribution >= 4 is 11.9 Å². The van der Waals surface area contributed by atoms with Crippen LogP contribution in [0, 0.1) is 18.7 Å². The molecule has 114 valence electrons. The molecule has 1 aliphatic rings. The average Bonchev–Trinajstić information content (AvgIpc) is 2.44. The average molecular weight is 293 g/mol. The Kier molecular flexibility index (Phi) is 4.30. The highest BCUT2D eigenvalue weighted by Crippen LogP contribution is 2.32. The van der Waals surface area contributed by atoms with Crippen LogP contribution in [-0.4, -0.2) is 22.5 Å². The van der Waals surface area contributed by atoms with Gasteiger partial charge < -0.3 is 10.4 Å². The van der Waals surface area contributed by atoms with E-state index in [4.69, 9.17) is 0 Å². The summed E-state index contributed by atoms with van der Waals surface area (Å²) < 4.78 is 13.5. The van der Waals surface area contributed by atoms with Gasteiger partial charge in [-0.3, -0.25) is 4.79 Å². The van der Waals surface area contributed by atoms with E-state index in [9.17, 15) is 19.1 Å². The topological polar surface area (TPSA) is 66.4 Å². The summed E-state index contributed by atoms with van der Waals surface area (Å²) in [5, 5.41) is 12.1. The Balaban J connectivity index is 2.19. The number of amides is 1. The van der Waals surface area contributed by atoms with Gasteiger partial charge in [0.25, 0.3) is 5.91 Å². The maximum absolute atomic E-state index is 13.5. The van der Waals surface area contributed by atoms with Crippen LogP contribution >= 0.6 is 0 Å². The van der Waals surface area contributed by atoms with Crippen molar-refractivity contribution in [1.29, 1.82) is 0 Å². The van der Waals surface area contributed by atoms with E-state index in [2.05, 4.69) is 12.2 Å². The fourth-order valence-electron chi connectivity index (χ4n) is 2.67. The highest BCUT2D eigenvalue weighted by atomic mass is 19.1. The Morgan fingerprint density at radius 3 is 2.48 bits per heavy atom. The van der Waals surface area contributed by atoms with Crippen LogP contribution in [0.25, 0.3) is 0 Å². The van der Waals surface area contributed by atoms with Gasteiger partial charge in [-0.05, 0) is 56.2 Å². The molecule has 2 rings (SSSR count). The van der Waals surface area contributed by atoms with Crippen LogP contribution < -0.4 is 5.32 Å². The zero-order chi connectivity index (χ0) is 15.6. The molecular formula is C16H20FNO3. The Hall–Kier alpha value is -1.91. The summed E-state index contributed by atoms with van der Waals surface area (Å²) in [6.45, 7) is 3.68. The van der Waals surface area contributed by atoms with Crippen LogP contribution in [0.15, 0.2) is 18.2 Å². The Labute approximate surface area is 123 Å². The van der Waals surface area contributed by atoms with E-state index in [0.717, 1.165) is 18.9 Å². The van der Waals surface area contributed by atoms with E-state index in [1.54, 1.807) is 6.92 Å². The molecule has 0 aliphatic heterocycles. The summed E-state index contributed by atoms with van der Waals surface area (Å²) in [6.07, 6.45) is 2.33. The van der Waals surface area contributed by atoms with Crippen molar-refractivity contribution in [2.24, 2.45) is 5.92 Å². The lowest BCUT2D eigenvalue weighted by molar-refractivity contribution is -0.146. The van der Waals surface area contributed by atoms with E-state index in [1.165, 1.54) is 12.1 Å². The van der Waals surface area contributed by atoms with Gasteiger partial charge >= 0.3 is 5.97 Å². The molecule has 0 heterocycles. The molecule has 4 nitrogen and oxygen atoms in total. The molecule has 0 aromatic heterocycles. The second kappa shape index (κ2) is 5.84. The van der Waals surface area contributed by atoms with Crippen molar-refractivity contribution in [3.05, 3.63) is 35.1 Å². The van der Waals surface area contributed by atoms with Gasteiger partial charge in [0.15, 0.2) is 0 Å². The van der Waals surface area contributed by atoms with Gasteiger partial charge in [0, 0.05) is 5.56 Å². The lowest BCUT2D eigenvalue weighted by Crippen LogP contribution is -2.56. The summed E-state index contributed by atoms with van der Waals surface area (Å²) in [5.41, 5.74) is -0.631. The maximum atomic E-state index is 13.5. The molecule has 1 aliphatic carbocycles. The Bertz CT molecular complexity index is 563. The van der Waals surface area contributed by atoms with Crippen molar-refractivity contribution < 1.29 is 19.1 Å². The standard InChI is InChI=1S/C16H20FNO3/c1-10-5-7-16(8-6-10,15(20)21)18-14(19)12-4-3-11(2)13(17)9-12/h3-4,9-10H,5-8H2,1-2H3,(H,18,19)(H,20,21). The highest BCUT2D eigenvalue weighted by molar-refractivity contribution is 5.98. The number of halogens is 1. The van der Waals surface area contributed by atoms with E-state index >= 15 is 0 Å². The smallest absolute Gasteiger partial charge is 0.329 e. The van der Waals surface area contributed by atoms with Crippen LogP contribution in [0.2, 0.25) is 0 Å². The van der Waals surface area contributed by atoms with Crippen molar-refractivity contribution in [2.45, 2.75) is 45.1 Å². The maximum Gasteiger partial charge on any atom is 0.329 e. The van der Waals surface area contributed by atoms with Crippen molar-refractivity contribution in [2.75, 3.05) is 0 Å². The molecule has 2 N–H and O–H groups in total. The van der Waals surface area contributed by atoms with Crippen molar-refractivity contribution in [3.63, 3.8) is 0 Å². The summed E-state index contributed by atoms with van der Waals surface area (Å²) in [5.74, 6) is -1.56. The Morgan fingerprint density at radius 2 is 1.95 bits per heavy atom. The normalized spacial score (nSPS) is 25.4. The third kappa shape index (κ3) is 3.23. The number of carbonyl (C=O) groups is 2. The molecule has 0 bridgehead atoms. The molecule has 1 saturated carbocycles. The van der Waals surface area contributed by atoms with Gasteiger partial charge in [-0.1, -0.05) is 13.0 Å². The number of aliphatic carboxylic acids is 1. The molecule has 0 atom stereocenters. The molecule has 1 fully saturated rings. The second-order valence-electron chi connectivity index (χ2n) is 5.99.